The fraction of sp³-hybridized carbons (Fsp3) is 0.524. The molecule has 0 bridgehead atoms. The number of carbonyl (C=O) groups is 1. The van der Waals surface area contributed by atoms with E-state index in [0.717, 1.165) is 71.0 Å². The second-order valence-electron chi connectivity index (χ2n) is 7.61. The van der Waals surface area contributed by atoms with E-state index in [9.17, 15) is 4.79 Å². The number of carbonyl (C=O) groups excluding carboxylic acids is 1. The molecule has 0 aliphatic carbocycles. The van der Waals surface area contributed by atoms with Gasteiger partial charge >= 0.3 is 0 Å². The van der Waals surface area contributed by atoms with E-state index in [0.29, 0.717) is 5.91 Å². The molecule has 1 amide bonds. The molecule has 0 radical (unpaired) electrons. The van der Waals surface area contributed by atoms with E-state index in [1.54, 1.807) is 12.4 Å². The van der Waals surface area contributed by atoms with Crippen LogP contribution in [0, 0.1) is 5.92 Å². The zero-order valence-electron chi connectivity index (χ0n) is 16.3. The number of nitrogens with zero attached hydrogens (tertiary/aromatic N) is 6. The van der Waals surface area contributed by atoms with Crippen molar-refractivity contribution in [3.8, 4) is 0 Å². The minimum absolute atomic E-state index is 0.0564. The van der Waals surface area contributed by atoms with E-state index in [1.807, 2.05) is 18.5 Å². The number of aromatic nitrogens is 3. The largest absolute Gasteiger partial charge is 0.340 e. The Bertz CT molecular complexity index is 748. The number of amides is 1. The minimum atomic E-state index is 0.0564. The zero-order chi connectivity index (χ0) is 19.2. The van der Waals surface area contributed by atoms with Gasteiger partial charge < -0.3 is 9.80 Å². The summed E-state index contributed by atoms with van der Waals surface area (Å²) in [5.41, 5.74) is 1.32. The number of anilines is 1. The Morgan fingerprint density at radius 2 is 1.75 bits per heavy atom. The molecule has 2 saturated heterocycles. The smallest absolute Gasteiger partial charge is 0.227 e. The molecule has 2 aliphatic rings. The van der Waals surface area contributed by atoms with Crippen molar-refractivity contribution in [3.63, 3.8) is 0 Å². The van der Waals surface area contributed by atoms with Crippen LogP contribution in [0.4, 0.5) is 5.95 Å². The van der Waals surface area contributed by atoms with Crippen LogP contribution in [0.15, 0.2) is 43.0 Å². The third kappa shape index (κ3) is 4.65. The van der Waals surface area contributed by atoms with E-state index < -0.39 is 0 Å². The summed E-state index contributed by atoms with van der Waals surface area (Å²) in [6, 6.07) is 5.97. The van der Waals surface area contributed by atoms with Gasteiger partial charge in [-0.05, 0) is 43.0 Å². The van der Waals surface area contributed by atoms with Crippen molar-refractivity contribution < 1.29 is 4.79 Å². The Morgan fingerprint density at radius 3 is 2.50 bits per heavy atom. The third-order valence-corrected chi connectivity index (χ3v) is 5.76. The lowest BCUT2D eigenvalue weighted by Crippen LogP contribution is -2.52. The molecule has 0 aromatic carbocycles. The molecule has 4 rings (SSSR count). The summed E-state index contributed by atoms with van der Waals surface area (Å²) in [7, 11) is 0. The van der Waals surface area contributed by atoms with Gasteiger partial charge in [0, 0.05) is 70.6 Å². The maximum absolute atomic E-state index is 13.0. The van der Waals surface area contributed by atoms with Gasteiger partial charge in [0.1, 0.15) is 0 Å². The lowest BCUT2D eigenvalue weighted by molar-refractivity contribution is -0.137. The molecule has 2 fully saturated rings. The first-order valence-electron chi connectivity index (χ1n) is 10.2. The van der Waals surface area contributed by atoms with E-state index in [4.69, 9.17) is 0 Å². The number of hydrogen-bond acceptors (Lipinski definition) is 6. The molecule has 148 valence electrons. The first kappa shape index (κ1) is 18.8. The van der Waals surface area contributed by atoms with Crippen molar-refractivity contribution in [2.24, 2.45) is 5.92 Å². The Morgan fingerprint density at radius 1 is 1.00 bits per heavy atom. The number of piperidine rings is 1. The van der Waals surface area contributed by atoms with Gasteiger partial charge in [-0.15, -0.1) is 0 Å². The second-order valence-corrected chi connectivity index (χ2v) is 7.61. The van der Waals surface area contributed by atoms with Crippen molar-refractivity contribution in [3.05, 3.63) is 48.5 Å². The number of hydrogen-bond donors (Lipinski definition) is 0. The lowest BCUT2D eigenvalue weighted by atomic mass is 9.96. The topological polar surface area (TPSA) is 65.5 Å². The SMILES string of the molecule is O=C([C@@H]1CCCN(c2ncccn2)C1)N1CCN(CCc2ccncc2)CC1. The first-order valence-corrected chi connectivity index (χ1v) is 10.2. The first-order chi connectivity index (χ1) is 13.8. The quantitative estimate of drug-likeness (QED) is 0.783. The Kier molecular flexibility index (Phi) is 6.11. The Balaban J connectivity index is 1.25. The van der Waals surface area contributed by atoms with E-state index in [2.05, 4.69) is 41.8 Å². The Hall–Kier alpha value is -2.54. The van der Waals surface area contributed by atoms with Crippen molar-refractivity contribution in [2.45, 2.75) is 19.3 Å². The maximum atomic E-state index is 13.0. The van der Waals surface area contributed by atoms with Gasteiger partial charge in [0.2, 0.25) is 11.9 Å². The molecule has 2 aromatic rings. The molecule has 2 aliphatic heterocycles. The second kappa shape index (κ2) is 9.10. The van der Waals surface area contributed by atoms with Crippen molar-refractivity contribution in [2.75, 3.05) is 50.7 Å². The fourth-order valence-corrected chi connectivity index (χ4v) is 4.10. The highest BCUT2D eigenvalue weighted by molar-refractivity contribution is 5.79. The van der Waals surface area contributed by atoms with Gasteiger partial charge in [0.25, 0.3) is 0 Å². The van der Waals surface area contributed by atoms with E-state index in [-0.39, 0.29) is 5.92 Å². The van der Waals surface area contributed by atoms with Crippen LogP contribution in [0.1, 0.15) is 18.4 Å². The van der Waals surface area contributed by atoms with Gasteiger partial charge in [-0.1, -0.05) is 0 Å². The summed E-state index contributed by atoms with van der Waals surface area (Å²) in [6.45, 7) is 6.25. The molecular weight excluding hydrogens is 352 g/mol. The van der Waals surface area contributed by atoms with Crippen LogP contribution in [-0.4, -0.2) is 76.5 Å². The van der Waals surface area contributed by atoms with Gasteiger partial charge in [-0.25, -0.2) is 9.97 Å². The van der Waals surface area contributed by atoms with Crippen molar-refractivity contribution >= 4 is 11.9 Å². The van der Waals surface area contributed by atoms with Crippen LogP contribution in [0.25, 0.3) is 0 Å². The van der Waals surface area contributed by atoms with Crippen LogP contribution >= 0.6 is 0 Å². The van der Waals surface area contributed by atoms with Crippen molar-refractivity contribution in [1.82, 2.24) is 24.8 Å². The molecule has 1 atom stereocenters. The molecule has 0 spiro atoms. The van der Waals surface area contributed by atoms with Crippen LogP contribution < -0.4 is 4.90 Å². The van der Waals surface area contributed by atoms with Gasteiger partial charge in [-0.3, -0.25) is 14.7 Å². The summed E-state index contributed by atoms with van der Waals surface area (Å²) in [5, 5.41) is 0. The highest BCUT2D eigenvalue weighted by atomic mass is 16.2. The molecule has 7 heteroatoms. The van der Waals surface area contributed by atoms with Gasteiger partial charge in [-0.2, -0.15) is 0 Å². The van der Waals surface area contributed by atoms with E-state index in [1.165, 1.54) is 5.56 Å². The minimum Gasteiger partial charge on any atom is -0.340 e. The third-order valence-electron chi connectivity index (χ3n) is 5.76. The van der Waals surface area contributed by atoms with Gasteiger partial charge in [0.15, 0.2) is 0 Å². The van der Waals surface area contributed by atoms with Crippen LogP contribution in [0.3, 0.4) is 0 Å². The van der Waals surface area contributed by atoms with Crippen LogP contribution in [0.2, 0.25) is 0 Å². The van der Waals surface area contributed by atoms with Crippen LogP contribution in [0.5, 0.6) is 0 Å². The maximum Gasteiger partial charge on any atom is 0.227 e. The number of pyridine rings is 1. The summed E-state index contributed by atoms with van der Waals surface area (Å²) in [6.07, 6.45) is 10.2. The summed E-state index contributed by atoms with van der Waals surface area (Å²) in [4.78, 5) is 32.5. The Labute approximate surface area is 166 Å². The zero-order valence-corrected chi connectivity index (χ0v) is 16.3. The lowest BCUT2D eigenvalue weighted by Gasteiger charge is -2.39. The van der Waals surface area contributed by atoms with Gasteiger partial charge in [0.05, 0.1) is 5.92 Å². The molecule has 28 heavy (non-hydrogen) atoms. The highest BCUT2D eigenvalue weighted by Gasteiger charge is 2.31. The summed E-state index contributed by atoms with van der Waals surface area (Å²) in [5.74, 6) is 1.09. The summed E-state index contributed by atoms with van der Waals surface area (Å²) >= 11 is 0. The molecular formula is C21H28N6O. The molecule has 0 saturated carbocycles. The highest BCUT2D eigenvalue weighted by Crippen LogP contribution is 2.22. The average Bonchev–Trinajstić information content (AvgIpc) is 2.79. The van der Waals surface area contributed by atoms with Crippen molar-refractivity contribution in [1.29, 1.82) is 0 Å². The standard InChI is InChI=1S/C21H28N6O/c28-20(19-3-1-11-27(17-19)21-23-7-2-8-24-21)26-15-13-25(14-16-26)12-6-18-4-9-22-10-5-18/h2,4-5,7-10,19H,1,3,6,11-17H2/t19-/m1/s1. The number of rotatable bonds is 5. The molecule has 7 nitrogen and oxygen atoms in total. The monoisotopic (exact) mass is 380 g/mol. The fourth-order valence-electron chi connectivity index (χ4n) is 4.10. The van der Waals surface area contributed by atoms with E-state index >= 15 is 0 Å². The molecule has 0 unspecified atom stereocenters. The summed E-state index contributed by atoms with van der Waals surface area (Å²) < 4.78 is 0. The van der Waals surface area contributed by atoms with Crippen LogP contribution in [-0.2, 0) is 11.2 Å². The average molecular weight is 380 g/mol. The molecule has 2 aromatic heterocycles. The molecule has 4 heterocycles. The molecule has 0 N–H and O–H groups in total. The predicted molar refractivity (Wildman–Crippen MR) is 108 cm³/mol. The number of piperazine rings is 1. The normalized spacial score (nSPS) is 20.9. The predicted octanol–water partition coefficient (Wildman–Crippen LogP) is 1.47.